The Morgan fingerprint density at radius 3 is 2.65 bits per heavy atom. The maximum atomic E-state index is 6.38. The molecule has 1 heterocycles. The Labute approximate surface area is 125 Å². The van der Waals surface area contributed by atoms with E-state index in [9.17, 15) is 0 Å². The second-order valence-electron chi connectivity index (χ2n) is 7.39. The van der Waals surface area contributed by atoms with Crippen molar-refractivity contribution >= 4 is 0 Å². The molecule has 1 saturated heterocycles. The molecule has 0 aromatic rings. The molecule has 2 fully saturated rings. The first-order chi connectivity index (χ1) is 9.60. The fraction of sp³-hybridized carbons (Fsp3) is 1.00. The van der Waals surface area contributed by atoms with Crippen molar-refractivity contribution in [2.75, 3.05) is 33.7 Å². The van der Waals surface area contributed by atoms with E-state index in [1.807, 2.05) is 0 Å². The van der Waals surface area contributed by atoms with Gasteiger partial charge in [-0.3, -0.25) is 0 Å². The zero-order valence-electron chi connectivity index (χ0n) is 13.9. The molecule has 2 rings (SSSR count). The second kappa shape index (κ2) is 7.77. The average molecular weight is 281 g/mol. The summed E-state index contributed by atoms with van der Waals surface area (Å²) in [7, 11) is 4.57. The quantitative estimate of drug-likeness (QED) is 0.812. The lowest BCUT2D eigenvalue weighted by Gasteiger charge is -2.37. The van der Waals surface area contributed by atoms with Crippen molar-refractivity contribution in [2.45, 2.75) is 64.0 Å². The average Bonchev–Trinajstić information content (AvgIpc) is 2.79. The minimum absolute atomic E-state index is 0.437. The van der Waals surface area contributed by atoms with Crippen LogP contribution in [0.4, 0.5) is 0 Å². The van der Waals surface area contributed by atoms with E-state index in [1.54, 1.807) is 0 Å². The second-order valence-corrected chi connectivity index (χ2v) is 7.39. The number of hydrogen-bond donors (Lipinski definition) is 1. The summed E-state index contributed by atoms with van der Waals surface area (Å²) in [5.74, 6) is 1.66. The highest BCUT2D eigenvalue weighted by molar-refractivity contribution is 4.86. The van der Waals surface area contributed by atoms with Crippen molar-refractivity contribution in [3.63, 3.8) is 0 Å². The topological polar surface area (TPSA) is 32.5 Å². The summed E-state index contributed by atoms with van der Waals surface area (Å²) in [6.45, 7) is 6.01. The summed E-state index contributed by atoms with van der Waals surface area (Å²) in [5, 5.41) is 0. The summed E-state index contributed by atoms with van der Waals surface area (Å²) in [4.78, 5) is 5.07. The van der Waals surface area contributed by atoms with Crippen LogP contribution in [0.25, 0.3) is 0 Å². The summed E-state index contributed by atoms with van der Waals surface area (Å²) in [6, 6.07) is 1.21. The van der Waals surface area contributed by atoms with Crippen LogP contribution >= 0.6 is 0 Å². The Balaban J connectivity index is 1.77. The van der Waals surface area contributed by atoms with Gasteiger partial charge in [0.1, 0.15) is 0 Å². The van der Waals surface area contributed by atoms with Gasteiger partial charge in [-0.25, -0.2) is 0 Å². The number of nitrogens with zero attached hydrogens (tertiary/aromatic N) is 2. The predicted molar refractivity (Wildman–Crippen MR) is 86.9 cm³/mol. The highest BCUT2D eigenvalue weighted by Crippen LogP contribution is 2.31. The Morgan fingerprint density at radius 2 is 2.00 bits per heavy atom. The van der Waals surface area contributed by atoms with Crippen LogP contribution < -0.4 is 5.73 Å². The van der Waals surface area contributed by atoms with Gasteiger partial charge in [0.15, 0.2) is 0 Å². The molecule has 3 heteroatoms. The van der Waals surface area contributed by atoms with E-state index in [-0.39, 0.29) is 0 Å². The third kappa shape index (κ3) is 4.44. The van der Waals surface area contributed by atoms with Crippen LogP contribution in [0.15, 0.2) is 0 Å². The number of hydrogen-bond acceptors (Lipinski definition) is 3. The van der Waals surface area contributed by atoms with Crippen molar-refractivity contribution in [1.82, 2.24) is 9.80 Å². The standard InChI is InChI=1S/C17H35N3/c1-4-6-14-8-9-17(18)15(11-14)12-19(2)13-16-7-5-10-20(16)3/h14-17H,4-13,18H2,1-3H3. The molecule has 4 atom stereocenters. The van der Waals surface area contributed by atoms with Crippen molar-refractivity contribution in [3.8, 4) is 0 Å². The number of likely N-dealkylation sites (N-methyl/N-ethyl adjacent to an activating group) is 2. The zero-order valence-corrected chi connectivity index (χ0v) is 13.9. The van der Waals surface area contributed by atoms with Crippen molar-refractivity contribution in [2.24, 2.45) is 17.6 Å². The van der Waals surface area contributed by atoms with E-state index >= 15 is 0 Å². The van der Waals surface area contributed by atoms with Gasteiger partial charge < -0.3 is 15.5 Å². The number of nitrogens with two attached hydrogens (primary N) is 1. The molecule has 0 aromatic carbocycles. The van der Waals surface area contributed by atoms with Gasteiger partial charge in [0.25, 0.3) is 0 Å². The Kier molecular flexibility index (Phi) is 6.31. The van der Waals surface area contributed by atoms with Crippen LogP contribution in [-0.4, -0.2) is 55.6 Å². The van der Waals surface area contributed by atoms with Gasteiger partial charge in [0.05, 0.1) is 0 Å². The maximum Gasteiger partial charge on any atom is 0.0220 e. The van der Waals surface area contributed by atoms with Crippen molar-refractivity contribution in [1.29, 1.82) is 0 Å². The molecule has 0 radical (unpaired) electrons. The van der Waals surface area contributed by atoms with Crippen LogP contribution in [0, 0.1) is 11.8 Å². The highest BCUT2D eigenvalue weighted by Gasteiger charge is 2.29. The molecule has 20 heavy (non-hydrogen) atoms. The van der Waals surface area contributed by atoms with E-state index < -0.39 is 0 Å². The molecule has 118 valence electrons. The highest BCUT2D eigenvalue weighted by atomic mass is 15.2. The van der Waals surface area contributed by atoms with Crippen LogP contribution in [-0.2, 0) is 0 Å². The summed E-state index contributed by atoms with van der Waals surface area (Å²) >= 11 is 0. The predicted octanol–water partition coefficient (Wildman–Crippen LogP) is 2.56. The SMILES string of the molecule is CCCC1CCC(N)C(CN(C)CC2CCCN2C)C1. The third-order valence-corrected chi connectivity index (χ3v) is 5.59. The molecule has 0 spiro atoms. The first kappa shape index (κ1) is 16.3. The Bertz CT molecular complexity index is 281. The lowest BCUT2D eigenvalue weighted by atomic mass is 9.76. The molecule has 1 saturated carbocycles. The minimum Gasteiger partial charge on any atom is -0.327 e. The fourth-order valence-electron chi connectivity index (χ4n) is 4.31. The largest absolute Gasteiger partial charge is 0.327 e. The molecule has 4 unspecified atom stereocenters. The smallest absolute Gasteiger partial charge is 0.0220 e. The Hall–Kier alpha value is -0.120. The lowest BCUT2D eigenvalue weighted by Crippen LogP contribution is -2.45. The molecule has 2 N–H and O–H groups in total. The van der Waals surface area contributed by atoms with Crippen molar-refractivity contribution in [3.05, 3.63) is 0 Å². The molecule has 1 aliphatic carbocycles. The monoisotopic (exact) mass is 281 g/mol. The molecular formula is C17H35N3. The molecule has 2 aliphatic rings. The van der Waals surface area contributed by atoms with Gasteiger partial charge in [0.2, 0.25) is 0 Å². The molecule has 1 aliphatic heterocycles. The van der Waals surface area contributed by atoms with Crippen LogP contribution in [0.2, 0.25) is 0 Å². The molecule has 3 nitrogen and oxygen atoms in total. The van der Waals surface area contributed by atoms with Gasteiger partial charge in [-0.1, -0.05) is 19.8 Å². The van der Waals surface area contributed by atoms with Gasteiger partial charge in [0, 0.05) is 25.2 Å². The van der Waals surface area contributed by atoms with E-state index in [0.29, 0.717) is 6.04 Å². The van der Waals surface area contributed by atoms with Crippen LogP contribution in [0.5, 0.6) is 0 Å². The summed E-state index contributed by atoms with van der Waals surface area (Å²) < 4.78 is 0. The van der Waals surface area contributed by atoms with E-state index in [4.69, 9.17) is 5.73 Å². The molecule has 0 bridgehead atoms. The zero-order chi connectivity index (χ0) is 14.5. The van der Waals surface area contributed by atoms with E-state index in [1.165, 1.54) is 64.6 Å². The first-order valence-corrected chi connectivity index (χ1v) is 8.74. The molecule has 0 amide bonds. The van der Waals surface area contributed by atoms with E-state index in [2.05, 4.69) is 30.8 Å². The molecule has 0 aromatic heterocycles. The van der Waals surface area contributed by atoms with E-state index in [0.717, 1.165) is 17.9 Å². The minimum atomic E-state index is 0.437. The van der Waals surface area contributed by atoms with Gasteiger partial charge in [-0.15, -0.1) is 0 Å². The van der Waals surface area contributed by atoms with Gasteiger partial charge in [-0.2, -0.15) is 0 Å². The Morgan fingerprint density at radius 1 is 1.20 bits per heavy atom. The maximum absolute atomic E-state index is 6.38. The normalized spacial score (nSPS) is 35.9. The number of rotatable bonds is 6. The third-order valence-electron chi connectivity index (χ3n) is 5.59. The summed E-state index contributed by atoms with van der Waals surface area (Å²) in [6.07, 6.45) is 9.44. The fourth-order valence-corrected chi connectivity index (χ4v) is 4.31. The van der Waals surface area contributed by atoms with Gasteiger partial charge >= 0.3 is 0 Å². The lowest BCUT2D eigenvalue weighted by molar-refractivity contribution is 0.147. The molecular weight excluding hydrogens is 246 g/mol. The number of likely N-dealkylation sites (tertiary alicyclic amines) is 1. The summed E-state index contributed by atoms with van der Waals surface area (Å²) in [5.41, 5.74) is 6.38. The van der Waals surface area contributed by atoms with Gasteiger partial charge in [-0.05, 0) is 64.6 Å². The van der Waals surface area contributed by atoms with Crippen molar-refractivity contribution < 1.29 is 0 Å². The van der Waals surface area contributed by atoms with Crippen LogP contribution in [0.3, 0.4) is 0 Å². The first-order valence-electron chi connectivity index (χ1n) is 8.74. The van der Waals surface area contributed by atoms with Crippen LogP contribution in [0.1, 0.15) is 51.9 Å².